The second-order valence-electron chi connectivity index (χ2n) is 29.3. The molecule has 0 fully saturated rings. The Balaban J connectivity index is 5.17. The molecule has 0 heterocycles. The first-order chi connectivity index (χ1) is 48.0. The van der Waals surface area contributed by atoms with Crippen LogP contribution in [0.5, 0.6) is 0 Å². The van der Waals surface area contributed by atoms with Crippen LogP contribution in [-0.4, -0.2) is 96.7 Å². The van der Waals surface area contributed by atoms with Crippen LogP contribution in [0, 0.1) is 5.92 Å². The van der Waals surface area contributed by atoms with E-state index in [9.17, 15) is 43.2 Å². The van der Waals surface area contributed by atoms with Crippen LogP contribution in [0.1, 0.15) is 426 Å². The summed E-state index contributed by atoms with van der Waals surface area (Å²) in [7, 11) is -9.91. The predicted octanol–water partition coefficient (Wildman–Crippen LogP) is 24.0. The summed E-state index contributed by atoms with van der Waals surface area (Å²) < 4.78 is 68.6. The molecular formula is C80H156O17P2. The Labute approximate surface area is 607 Å². The van der Waals surface area contributed by atoms with Gasteiger partial charge in [-0.3, -0.25) is 37.3 Å². The van der Waals surface area contributed by atoms with Gasteiger partial charge < -0.3 is 33.8 Å². The Morgan fingerprint density at radius 1 is 0.273 bits per heavy atom. The fraction of sp³-hybridized carbons (Fsp3) is 0.950. The van der Waals surface area contributed by atoms with Crippen LogP contribution >= 0.6 is 15.6 Å². The third-order valence-electron chi connectivity index (χ3n) is 18.8. The molecule has 0 saturated heterocycles. The molecule has 17 nitrogen and oxygen atoms in total. The minimum absolute atomic E-state index is 0.107. The Morgan fingerprint density at radius 2 is 0.465 bits per heavy atom. The standard InChI is InChI=1S/C80H156O17P2/c1-6-9-12-15-18-21-23-24-25-26-27-31-34-37-40-45-49-54-59-64-78(83)91-70-76(97-80(85)66-61-56-51-46-41-38-35-32-29-28-30-33-36-39-43-47-52-57-62-73(4)5)72-95-99(88,89)93-68-74(81)67-92-98(86,87)94-71-75(69-90-77(82)63-58-53-48-42-20-17-14-11-8-3)96-79(84)65-60-55-50-44-22-19-16-13-10-7-2/h73-76,81H,6-72H2,1-5H3,(H,86,87)(H,88,89)/t74-,75+,76+/m0/s1. The number of hydrogen-bond donors (Lipinski definition) is 3. The average Bonchev–Trinajstić information content (AvgIpc) is 0.966. The van der Waals surface area contributed by atoms with Crippen molar-refractivity contribution in [1.29, 1.82) is 0 Å². The van der Waals surface area contributed by atoms with Crippen LogP contribution in [0.2, 0.25) is 0 Å². The molecule has 0 aliphatic rings. The number of rotatable bonds is 80. The SMILES string of the molecule is CCCCCCCCCCCCCCCCCCCCCC(=O)OC[C@H](COP(=O)(O)OC[C@@H](O)COP(=O)(O)OC[C@@H](COC(=O)CCCCCCCCCCC)OC(=O)CCCCCCCCCCCC)OC(=O)CCCCCCCCCCCCCCCCCCCCC(C)C. The summed E-state index contributed by atoms with van der Waals surface area (Å²) >= 11 is 0. The van der Waals surface area contributed by atoms with Gasteiger partial charge in [0.15, 0.2) is 12.2 Å². The van der Waals surface area contributed by atoms with Gasteiger partial charge >= 0.3 is 39.5 Å². The van der Waals surface area contributed by atoms with E-state index in [0.29, 0.717) is 25.7 Å². The van der Waals surface area contributed by atoms with Crippen molar-refractivity contribution in [2.75, 3.05) is 39.6 Å². The number of carbonyl (C=O) groups excluding carboxylic acids is 4. The highest BCUT2D eigenvalue weighted by molar-refractivity contribution is 7.47. The molecule has 3 N–H and O–H groups in total. The zero-order valence-corrected chi connectivity index (χ0v) is 66.4. The Morgan fingerprint density at radius 3 is 0.687 bits per heavy atom. The lowest BCUT2D eigenvalue weighted by Crippen LogP contribution is -2.30. The molecule has 0 rings (SSSR count). The predicted molar refractivity (Wildman–Crippen MR) is 405 cm³/mol. The van der Waals surface area contributed by atoms with Gasteiger partial charge in [-0.1, -0.05) is 375 Å². The van der Waals surface area contributed by atoms with E-state index in [4.69, 9.17) is 37.0 Å². The summed E-state index contributed by atoms with van der Waals surface area (Å²) in [4.78, 5) is 72.8. The number of aliphatic hydroxyl groups excluding tert-OH is 1. The first-order valence-electron chi connectivity index (χ1n) is 41.6. The van der Waals surface area contributed by atoms with Crippen molar-refractivity contribution < 1.29 is 80.2 Å². The van der Waals surface area contributed by atoms with Gasteiger partial charge in [-0.15, -0.1) is 0 Å². The summed E-state index contributed by atoms with van der Waals surface area (Å²) in [6.45, 7) is 7.33. The van der Waals surface area contributed by atoms with Gasteiger partial charge in [-0.25, -0.2) is 9.13 Å². The third kappa shape index (κ3) is 74.1. The van der Waals surface area contributed by atoms with E-state index in [1.165, 1.54) is 250 Å². The van der Waals surface area contributed by atoms with E-state index in [0.717, 1.165) is 95.8 Å². The smallest absolute Gasteiger partial charge is 0.462 e. The lowest BCUT2D eigenvalue weighted by atomic mass is 10.0. The van der Waals surface area contributed by atoms with E-state index in [1.807, 2.05) is 0 Å². The number of phosphoric acid groups is 2. The van der Waals surface area contributed by atoms with Gasteiger partial charge in [0, 0.05) is 25.7 Å². The fourth-order valence-corrected chi connectivity index (χ4v) is 14.0. The molecule has 5 atom stereocenters. The molecule has 0 radical (unpaired) electrons. The van der Waals surface area contributed by atoms with E-state index in [-0.39, 0.29) is 25.7 Å². The highest BCUT2D eigenvalue weighted by atomic mass is 31.2. The lowest BCUT2D eigenvalue weighted by molar-refractivity contribution is -0.161. The van der Waals surface area contributed by atoms with Crippen molar-refractivity contribution in [2.24, 2.45) is 5.92 Å². The van der Waals surface area contributed by atoms with E-state index in [2.05, 4.69) is 34.6 Å². The molecule has 19 heteroatoms. The van der Waals surface area contributed by atoms with Gasteiger partial charge in [-0.05, 0) is 31.6 Å². The zero-order chi connectivity index (χ0) is 72.7. The number of carbonyl (C=O) groups is 4. The number of phosphoric ester groups is 2. The quantitative estimate of drug-likeness (QED) is 0.0222. The van der Waals surface area contributed by atoms with Crippen molar-refractivity contribution in [3.05, 3.63) is 0 Å². The largest absolute Gasteiger partial charge is 0.472 e. The van der Waals surface area contributed by atoms with Gasteiger partial charge in [0.2, 0.25) is 0 Å². The maximum absolute atomic E-state index is 13.1. The van der Waals surface area contributed by atoms with Crippen molar-refractivity contribution in [3.63, 3.8) is 0 Å². The maximum atomic E-state index is 13.1. The van der Waals surface area contributed by atoms with Crippen molar-refractivity contribution in [2.45, 2.75) is 445 Å². The number of aliphatic hydroxyl groups is 1. The molecule has 0 spiro atoms. The number of esters is 4. The summed E-state index contributed by atoms with van der Waals surface area (Å²) in [6, 6.07) is 0. The molecule has 0 amide bonds. The number of ether oxygens (including phenoxy) is 4. The van der Waals surface area contributed by atoms with Crippen LogP contribution in [0.3, 0.4) is 0 Å². The summed E-state index contributed by atoms with van der Waals surface area (Å²) in [5.74, 6) is -1.29. The van der Waals surface area contributed by atoms with Crippen molar-refractivity contribution >= 4 is 39.5 Å². The highest BCUT2D eigenvalue weighted by Gasteiger charge is 2.30. The molecule has 0 bridgehead atoms. The highest BCUT2D eigenvalue weighted by Crippen LogP contribution is 2.45. The van der Waals surface area contributed by atoms with Gasteiger partial charge in [0.25, 0.3) is 0 Å². The zero-order valence-electron chi connectivity index (χ0n) is 64.6. The van der Waals surface area contributed by atoms with Gasteiger partial charge in [0.05, 0.1) is 26.4 Å². The second-order valence-corrected chi connectivity index (χ2v) is 32.2. The molecule has 0 aromatic heterocycles. The van der Waals surface area contributed by atoms with Gasteiger partial charge in [0.1, 0.15) is 19.3 Å². The van der Waals surface area contributed by atoms with Crippen LogP contribution < -0.4 is 0 Å². The van der Waals surface area contributed by atoms with Crippen LogP contribution in [0.25, 0.3) is 0 Å². The summed E-state index contributed by atoms with van der Waals surface area (Å²) in [5, 5.41) is 10.6. The van der Waals surface area contributed by atoms with E-state index < -0.39 is 97.5 Å². The summed E-state index contributed by atoms with van der Waals surface area (Å²) in [6.07, 6.45) is 64.0. The minimum Gasteiger partial charge on any atom is -0.462 e. The normalized spacial score (nSPS) is 13.9. The molecule has 0 aromatic rings. The molecule has 588 valence electrons. The fourth-order valence-electron chi connectivity index (χ4n) is 12.4. The maximum Gasteiger partial charge on any atom is 0.472 e. The summed E-state index contributed by atoms with van der Waals surface area (Å²) in [5.41, 5.74) is 0. The van der Waals surface area contributed by atoms with Crippen LogP contribution in [0.4, 0.5) is 0 Å². The number of hydrogen-bond acceptors (Lipinski definition) is 15. The first-order valence-corrected chi connectivity index (χ1v) is 44.6. The first kappa shape index (κ1) is 97.1. The van der Waals surface area contributed by atoms with E-state index in [1.54, 1.807) is 0 Å². The van der Waals surface area contributed by atoms with Crippen molar-refractivity contribution in [3.8, 4) is 0 Å². The minimum atomic E-state index is -4.96. The Bertz CT molecular complexity index is 1890. The number of unbranched alkanes of at least 4 members (excludes halogenated alkanes) is 52. The van der Waals surface area contributed by atoms with Gasteiger partial charge in [-0.2, -0.15) is 0 Å². The third-order valence-corrected chi connectivity index (χ3v) is 20.7. The van der Waals surface area contributed by atoms with Crippen LogP contribution in [0.15, 0.2) is 0 Å². The van der Waals surface area contributed by atoms with Crippen LogP contribution in [-0.2, 0) is 65.4 Å². The molecule has 0 aliphatic carbocycles. The van der Waals surface area contributed by atoms with Crippen molar-refractivity contribution in [1.82, 2.24) is 0 Å². The Kier molecular flexibility index (Phi) is 71.6. The monoisotopic (exact) mass is 1450 g/mol. The topological polar surface area (TPSA) is 237 Å². The second kappa shape index (κ2) is 73.0. The molecule has 0 aromatic carbocycles. The molecule has 99 heavy (non-hydrogen) atoms. The molecule has 2 unspecified atom stereocenters. The molecule has 0 saturated carbocycles. The molecular weight excluding hydrogens is 1290 g/mol. The molecule has 0 aliphatic heterocycles. The van der Waals surface area contributed by atoms with E-state index >= 15 is 0 Å². The lowest BCUT2D eigenvalue weighted by Gasteiger charge is -2.21. The Hall–Kier alpha value is -1.94. The average molecular weight is 1450 g/mol.